The first-order valence-electron chi connectivity index (χ1n) is 11.6. The van der Waals surface area contributed by atoms with Crippen LogP contribution < -0.4 is 10.2 Å². The van der Waals surface area contributed by atoms with Crippen LogP contribution in [-0.2, 0) is 4.74 Å². The standard InChI is InChI=1S/C25H29Cl2N5O4/c1-14-20(15-7-6-8-16(26)19(15)27)32-18(13-17(30-32)22(33)34)21(28-14)31-11-9-25(5,10-12-31)29-23(35)36-24(2,3)4/h6-8,13H,9-12H2,1-5H3,(H,29,35)(H,33,34). The van der Waals surface area contributed by atoms with Crippen molar-refractivity contribution in [3.05, 3.63) is 45.7 Å². The first kappa shape index (κ1) is 26.0. The molecule has 4 rings (SSSR count). The Morgan fingerprint density at radius 3 is 2.47 bits per heavy atom. The minimum atomic E-state index is -1.14. The normalized spacial score (nSPS) is 15.7. The van der Waals surface area contributed by atoms with Crippen molar-refractivity contribution >= 4 is 46.6 Å². The molecule has 3 heterocycles. The van der Waals surface area contributed by atoms with Crippen molar-refractivity contribution in [3.8, 4) is 11.3 Å². The molecule has 1 aliphatic heterocycles. The molecule has 9 nitrogen and oxygen atoms in total. The number of carboxylic acid groups (broad SMARTS) is 1. The Morgan fingerprint density at radius 2 is 1.86 bits per heavy atom. The Hall–Kier alpha value is -3.04. The van der Waals surface area contributed by atoms with Gasteiger partial charge in [-0.1, -0.05) is 35.3 Å². The number of aromatic nitrogens is 3. The fraction of sp³-hybridized carbons (Fsp3) is 0.440. The van der Waals surface area contributed by atoms with E-state index < -0.39 is 23.2 Å². The number of nitrogens with one attached hydrogen (secondary N) is 1. The second-order valence-corrected chi connectivity index (χ2v) is 11.1. The van der Waals surface area contributed by atoms with Crippen LogP contribution in [0.3, 0.4) is 0 Å². The Bertz CT molecular complexity index is 1340. The molecular weight excluding hydrogens is 505 g/mol. The third kappa shape index (κ3) is 5.22. The van der Waals surface area contributed by atoms with E-state index in [0.717, 1.165) is 0 Å². The zero-order valence-electron chi connectivity index (χ0n) is 20.9. The number of aryl methyl sites for hydroxylation is 1. The lowest BCUT2D eigenvalue weighted by atomic mass is 9.89. The highest BCUT2D eigenvalue weighted by molar-refractivity contribution is 6.43. The minimum absolute atomic E-state index is 0.100. The Labute approximate surface area is 219 Å². The number of rotatable bonds is 4. The SMILES string of the molecule is Cc1nc(N2CCC(C)(NC(=O)OC(C)(C)C)CC2)c2cc(C(=O)O)nn2c1-c1cccc(Cl)c1Cl. The molecule has 0 spiro atoms. The summed E-state index contributed by atoms with van der Waals surface area (Å²) in [5.41, 5.74) is 1.24. The highest BCUT2D eigenvalue weighted by Crippen LogP contribution is 2.37. The number of nitrogens with zero attached hydrogens (tertiary/aromatic N) is 4. The Balaban J connectivity index is 1.69. The number of carbonyl (C=O) groups excluding carboxylic acids is 1. The number of fused-ring (bicyclic) bond motifs is 1. The molecule has 36 heavy (non-hydrogen) atoms. The molecule has 2 N–H and O–H groups in total. The summed E-state index contributed by atoms with van der Waals surface area (Å²) in [6.07, 6.45) is 0.862. The van der Waals surface area contributed by atoms with Gasteiger partial charge in [0.05, 0.1) is 21.4 Å². The van der Waals surface area contributed by atoms with E-state index in [1.54, 1.807) is 22.7 Å². The lowest BCUT2D eigenvalue weighted by Gasteiger charge is -2.40. The van der Waals surface area contributed by atoms with Crippen molar-refractivity contribution in [1.82, 2.24) is 19.9 Å². The molecule has 1 amide bonds. The number of carboxylic acids is 1. The summed E-state index contributed by atoms with van der Waals surface area (Å²) in [5.74, 6) is -0.521. The van der Waals surface area contributed by atoms with Gasteiger partial charge in [0, 0.05) is 30.3 Å². The molecule has 0 aliphatic carbocycles. The van der Waals surface area contributed by atoms with Gasteiger partial charge in [-0.15, -0.1) is 0 Å². The summed E-state index contributed by atoms with van der Waals surface area (Å²) in [6.45, 7) is 10.5. The molecule has 1 aliphatic rings. The van der Waals surface area contributed by atoms with Crippen LogP contribution in [0.5, 0.6) is 0 Å². The number of anilines is 1. The molecular formula is C25H29Cl2N5O4. The number of alkyl carbamates (subject to hydrolysis) is 1. The molecule has 0 unspecified atom stereocenters. The maximum atomic E-state index is 12.3. The number of hydrogen-bond donors (Lipinski definition) is 2. The van der Waals surface area contributed by atoms with E-state index in [-0.39, 0.29) is 5.69 Å². The van der Waals surface area contributed by atoms with Gasteiger partial charge in [-0.05, 0) is 53.5 Å². The van der Waals surface area contributed by atoms with Crippen LogP contribution in [0.15, 0.2) is 24.3 Å². The lowest BCUT2D eigenvalue weighted by Crippen LogP contribution is -2.54. The molecule has 192 valence electrons. The topological polar surface area (TPSA) is 109 Å². The number of aromatic carboxylic acids is 1. The molecule has 1 fully saturated rings. The van der Waals surface area contributed by atoms with E-state index in [0.29, 0.717) is 64.3 Å². The maximum absolute atomic E-state index is 12.3. The van der Waals surface area contributed by atoms with Gasteiger partial charge in [-0.2, -0.15) is 5.10 Å². The number of hydrogen-bond acceptors (Lipinski definition) is 6. The van der Waals surface area contributed by atoms with Crippen molar-refractivity contribution in [1.29, 1.82) is 0 Å². The van der Waals surface area contributed by atoms with Crippen molar-refractivity contribution in [3.63, 3.8) is 0 Å². The van der Waals surface area contributed by atoms with Gasteiger partial charge in [-0.25, -0.2) is 19.1 Å². The lowest BCUT2D eigenvalue weighted by molar-refractivity contribution is 0.0447. The van der Waals surface area contributed by atoms with E-state index in [9.17, 15) is 14.7 Å². The smallest absolute Gasteiger partial charge is 0.408 e. The second kappa shape index (κ2) is 9.44. The van der Waals surface area contributed by atoms with E-state index >= 15 is 0 Å². The van der Waals surface area contributed by atoms with E-state index in [1.807, 2.05) is 34.6 Å². The fourth-order valence-corrected chi connectivity index (χ4v) is 4.74. The van der Waals surface area contributed by atoms with Gasteiger partial charge in [-0.3, -0.25) is 0 Å². The molecule has 2 aromatic heterocycles. The fourth-order valence-electron chi connectivity index (χ4n) is 4.35. The summed E-state index contributed by atoms with van der Waals surface area (Å²) >= 11 is 12.7. The molecule has 0 radical (unpaired) electrons. The van der Waals surface area contributed by atoms with Crippen molar-refractivity contribution in [2.45, 2.75) is 58.6 Å². The van der Waals surface area contributed by atoms with Crippen LogP contribution in [-0.4, -0.2) is 56.0 Å². The molecule has 1 saturated heterocycles. The molecule has 0 bridgehead atoms. The zero-order chi connectivity index (χ0) is 26.4. The molecule has 0 saturated carbocycles. The number of benzene rings is 1. The average molecular weight is 534 g/mol. The van der Waals surface area contributed by atoms with Crippen molar-refractivity contribution in [2.75, 3.05) is 18.0 Å². The molecule has 11 heteroatoms. The number of piperidine rings is 1. The van der Waals surface area contributed by atoms with Gasteiger partial charge < -0.3 is 20.1 Å². The zero-order valence-corrected chi connectivity index (χ0v) is 22.4. The number of halogens is 2. The van der Waals surface area contributed by atoms with Gasteiger partial charge in [0.2, 0.25) is 0 Å². The van der Waals surface area contributed by atoms with Gasteiger partial charge in [0.25, 0.3) is 0 Å². The quantitative estimate of drug-likeness (QED) is 0.449. The highest BCUT2D eigenvalue weighted by atomic mass is 35.5. The molecule has 3 aromatic rings. The first-order chi connectivity index (χ1) is 16.8. The summed E-state index contributed by atoms with van der Waals surface area (Å²) in [6, 6.07) is 6.77. The Morgan fingerprint density at radius 1 is 1.19 bits per heavy atom. The van der Waals surface area contributed by atoms with E-state index in [1.165, 1.54) is 6.07 Å². The number of ether oxygens (including phenoxy) is 1. The van der Waals surface area contributed by atoms with Crippen LogP contribution in [0, 0.1) is 6.92 Å². The minimum Gasteiger partial charge on any atom is -0.476 e. The first-order valence-corrected chi connectivity index (χ1v) is 12.4. The largest absolute Gasteiger partial charge is 0.476 e. The third-order valence-electron chi connectivity index (χ3n) is 6.16. The van der Waals surface area contributed by atoms with Gasteiger partial charge in [0.15, 0.2) is 11.5 Å². The van der Waals surface area contributed by atoms with E-state index in [2.05, 4.69) is 15.3 Å². The van der Waals surface area contributed by atoms with Crippen LogP contribution in [0.25, 0.3) is 16.8 Å². The number of amides is 1. The van der Waals surface area contributed by atoms with E-state index in [4.69, 9.17) is 32.9 Å². The summed E-state index contributed by atoms with van der Waals surface area (Å²) in [4.78, 5) is 31.1. The Kier molecular flexibility index (Phi) is 6.83. The second-order valence-electron chi connectivity index (χ2n) is 10.3. The van der Waals surface area contributed by atoms with Crippen LogP contribution in [0.4, 0.5) is 10.6 Å². The maximum Gasteiger partial charge on any atom is 0.408 e. The predicted molar refractivity (Wildman–Crippen MR) is 139 cm³/mol. The van der Waals surface area contributed by atoms with Crippen LogP contribution in [0.1, 0.15) is 56.7 Å². The third-order valence-corrected chi connectivity index (χ3v) is 6.98. The van der Waals surface area contributed by atoms with Crippen LogP contribution >= 0.6 is 23.2 Å². The predicted octanol–water partition coefficient (Wildman–Crippen LogP) is 5.59. The summed E-state index contributed by atoms with van der Waals surface area (Å²) < 4.78 is 7.00. The summed E-state index contributed by atoms with van der Waals surface area (Å²) in [5, 5.41) is 17.7. The molecule has 1 aromatic carbocycles. The van der Waals surface area contributed by atoms with Crippen molar-refractivity contribution < 1.29 is 19.4 Å². The van der Waals surface area contributed by atoms with Crippen LogP contribution in [0.2, 0.25) is 10.0 Å². The monoisotopic (exact) mass is 533 g/mol. The molecule has 0 atom stereocenters. The van der Waals surface area contributed by atoms with Gasteiger partial charge >= 0.3 is 12.1 Å². The van der Waals surface area contributed by atoms with Gasteiger partial charge in [0.1, 0.15) is 11.1 Å². The summed E-state index contributed by atoms with van der Waals surface area (Å²) in [7, 11) is 0. The highest BCUT2D eigenvalue weighted by Gasteiger charge is 2.34. The number of carbonyl (C=O) groups is 2. The average Bonchev–Trinajstić information content (AvgIpc) is 3.20. The van der Waals surface area contributed by atoms with Crippen molar-refractivity contribution in [2.24, 2.45) is 0 Å².